The van der Waals surface area contributed by atoms with E-state index in [4.69, 9.17) is 5.11 Å². The molecule has 0 saturated heterocycles. The van der Waals surface area contributed by atoms with Crippen molar-refractivity contribution in [1.82, 2.24) is 5.32 Å². The molecule has 1 rings (SSSR count). The van der Waals surface area contributed by atoms with E-state index in [2.05, 4.69) is 5.32 Å². The minimum atomic E-state index is -1.17. The molecular formula is C13H17NO5. The van der Waals surface area contributed by atoms with E-state index in [9.17, 15) is 19.8 Å². The predicted molar refractivity (Wildman–Crippen MR) is 68.1 cm³/mol. The Kier molecular flexibility index (Phi) is 4.04. The molecule has 0 spiro atoms. The monoisotopic (exact) mass is 267 g/mol. The number of nitrogens with one attached hydrogen (secondary N) is 1. The molecule has 19 heavy (non-hydrogen) atoms. The van der Waals surface area contributed by atoms with Gasteiger partial charge in [0, 0.05) is 0 Å². The molecule has 0 heterocycles. The van der Waals surface area contributed by atoms with E-state index in [-0.39, 0.29) is 17.1 Å². The lowest BCUT2D eigenvalue weighted by Gasteiger charge is -2.27. The van der Waals surface area contributed by atoms with E-state index >= 15 is 0 Å². The summed E-state index contributed by atoms with van der Waals surface area (Å²) >= 11 is 0. The molecule has 1 atom stereocenters. The van der Waals surface area contributed by atoms with Crippen LogP contribution in [0.25, 0.3) is 0 Å². The molecule has 0 fully saturated rings. The minimum Gasteiger partial charge on any atom is -0.508 e. The van der Waals surface area contributed by atoms with Crippen LogP contribution in [0.4, 0.5) is 0 Å². The lowest BCUT2D eigenvalue weighted by atomic mass is 9.86. The summed E-state index contributed by atoms with van der Waals surface area (Å²) in [6.45, 7) is 5.02. The molecule has 4 N–H and O–H groups in total. The summed E-state index contributed by atoms with van der Waals surface area (Å²) in [5.41, 5.74) is -0.857. The number of benzene rings is 1. The molecule has 6 heteroatoms. The fourth-order valence-corrected chi connectivity index (χ4v) is 1.56. The Morgan fingerprint density at radius 2 is 1.79 bits per heavy atom. The second-order valence-electron chi connectivity index (χ2n) is 5.31. The van der Waals surface area contributed by atoms with Gasteiger partial charge >= 0.3 is 5.97 Å². The summed E-state index contributed by atoms with van der Waals surface area (Å²) in [6, 6.07) is 2.36. The van der Waals surface area contributed by atoms with Gasteiger partial charge in [0.25, 0.3) is 5.91 Å². The summed E-state index contributed by atoms with van der Waals surface area (Å²) in [4.78, 5) is 23.1. The summed E-state index contributed by atoms with van der Waals surface area (Å²) in [6.07, 6.45) is 0. The predicted octanol–water partition coefficient (Wildman–Crippen LogP) is 1.33. The maximum atomic E-state index is 11.9. The Morgan fingerprint density at radius 3 is 2.26 bits per heavy atom. The van der Waals surface area contributed by atoms with Gasteiger partial charge < -0.3 is 20.6 Å². The topological polar surface area (TPSA) is 107 Å². The summed E-state index contributed by atoms with van der Waals surface area (Å²) in [5.74, 6) is -2.44. The number of carbonyl (C=O) groups is 2. The molecule has 0 aliphatic heterocycles. The highest BCUT2D eigenvalue weighted by Crippen LogP contribution is 2.24. The number of carboxylic acid groups (broad SMARTS) is 1. The van der Waals surface area contributed by atoms with E-state index in [0.29, 0.717) is 0 Å². The molecule has 1 amide bonds. The van der Waals surface area contributed by atoms with Crippen molar-refractivity contribution >= 4 is 11.9 Å². The molecule has 104 valence electrons. The molecular weight excluding hydrogens is 250 g/mol. The summed E-state index contributed by atoms with van der Waals surface area (Å²) in [7, 11) is 0. The molecule has 1 aromatic rings. The van der Waals surface area contributed by atoms with Crippen molar-refractivity contribution < 1.29 is 24.9 Å². The zero-order valence-corrected chi connectivity index (χ0v) is 11.0. The van der Waals surface area contributed by atoms with Gasteiger partial charge in [-0.05, 0) is 23.6 Å². The second kappa shape index (κ2) is 5.17. The summed E-state index contributed by atoms with van der Waals surface area (Å²) < 4.78 is 0. The van der Waals surface area contributed by atoms with Crippen molar-refractivity contribution in [3.05, 3.63) is 23.8 Å². The number of carbonyl (C=O) groups excluding carboxylic acids is 1. The smallest absolute Gasteiger partial charge is 0.326 e. The van der Waals surface area contributed by atoms with Crippen LogP contribution in [0, 0.1) is 5.41 Å². The zero-order chi connectivity index (χ0) is 14.8. The van der Waals surface area contributed by atoms with Gasteiger partial charge in [-0.25, -0.2) is 4.79 Å². The number of aromatic hydroxyl groups is 2. The van der Waals surface area contributed by atoms with Crippen molar-refractivity contribution in [2.75, 3.05) is 0 Å². The van der Waals surface area contributed by atoms with Gasteiger partial charge in [-0.3, -0.25) is 4.79 Å². The first-order chi connectivity index (χ1) is 8.62. The van der Waals surface area contributed by atoms with Gasteiger partial charge in [0.1, 0.15) is 17.5 Å². The highest BCUT2D eigenvalue weighted by atomic mass is 16.4. The van der Waals surface area contributed by atoms with Gasteiger partial charge in [0.2, 0.25) is 0 Å². The van der Waals surface area contributed by atoms with Crippen LogP contribution in [0.2, 0.25) is 0 Å². The van der Waals surface area contributed by atoms with Gasteiger partial charge in [-0.2, -0.15) is 0 Å². The van der Waals surface area contributed by atoms with Crippen molar-refractivity contribution in [2.24, 2.45) is 5.41 Å². The molecule has 0 saturated carbocycles. The van der Waals surface area contributed by atoms with Crippen molar-refractivity contribution in [2.45, 2.75) is 26.8 Å². The number of hydrogen-bond donors (Lipinski definition) is 4. The van der Waals surface area contributed by atoms with Crippen LogP contribution >= 0.6 is 0 Å². The first-order valence-corrected chi connectivity index (χ1v) is 5.68. The van der Waals surface area contributed by atoms with E-state index < -0.39 is 23.3 Å². The number of carboxylic acids is 1. The number of aliphatic carboxylic acids is 1. The maximum Gasteiger partial charge on any atom is 0.326 e. The third-order valence-electron chi connectivity index (χ3n) is 2.61. The van der Waals surface area contributed by atoms with Gasteiger partial charge in [0.15, 0.2) is 0 Å². The normalized spacial score (nSPS) is 12.8. The highest BCUT2D eigenvalue weighted by molar-refractivity contribution is 5.99. The van der Waals surface area contributed by atoms with E-state index in [0.717, 1.165) is 12.1 Å². The van der Waals surface area contributed by atoms with Crippen LogP contribution in [0.15, 0.2) is 18.2 Å². The quantitative estimate of drug-likeness (QED) is 0.618. The van der Waals surface area contributed by atoms with Crippen LogP contribution in [0.1, 0.15) is 31.1 Å². The van der Waals surface area contributed by atoms with Gasteiger partial charge in [0.05, 0.1) is 5.56 Å². The van der Waals surface area contributed by atoms with E-state index in [1.165, 1.54) is 6.07 Å². The zero-order valence-electron chi connectivity index (χ0n) is 11.0. The number of hydrogen-bond acceptors (Lipinski definition) is 4. The number of rotatable bonds is 3. The highest BCUT2D eigenvalue weighted by Gasteiger charge is 2.33. The summed E-state index contributed by atoms with van der Waals surface area (Å²) in [5, 5.41) is 30.3. The van der Waals surface area contributed by atoms with Crippen LogP contribution in [-0.4, -0.2) is 33.2 Å². The Balaban J connectivity index is 3.01. The third-order valence-corrected chi connectivity index (χ3v) is 2.61. The molecule has 0 unspecified atom stereocenters. The average Bonchev–Trinajstić information content (AvgIpc) is 2.26. The second-order valence-corrected chi connectivity index (χ2v) is 5.31. The van der Waals surface area contributed by atoms with Crippen LogP contribution in [-0.2, 0) is 4.79 Å². The molecule has 0 aromatic heterocycles. The first-order valence-electron chi connectivity index (χ1n) is 5.68. The standard InChI is InChI=1S/C13H17NO5/c1-13(2,3)10(12(18)19)14-11(17)8-6-7(15)4-5-9(8)16/h4-6,10,15-16H,1-3H3,(H,14,17)(H,18,19)/t10-/m0/s1. The fourth-order valence-electron chi connectivity index (χ4n) is 1.56. The number of phenolic OH excluding ortho intramolecular Hbond substituents is 2. The lowest BCUT2D eigenvalue weighted by Crippen LogP contribution is -2.49. The molecule has 0 radical (unpaired) electrons. The largest absolute Gasteiger partial charge is 0.508 e. The van der Waals surface area contributed by atoms with Gasteiger partial charge in [-0.1, -0.05) is 20.8 Å². The molecule has 1 aromatic carbocycles. The Morgan fingerprint density at radius 1 is 1.21 bits per heavy atom. The molecule has 6 nitrogen and oxygen atoms in total. The number of amides is 1. The van der Waals surface area contributed by atoms with E-state index in [1.807, 2.05) is 0 Å². The van der Waals surface area contributed by atoms with E-state index in [1.54, 1.807) is 20.8 Å². The lowest BCUT2D eigenvalue weighted by molar-refractivity contribution is -0.142. The number of phenols is 2. The Hall–Kier alpha value is -2.24. The minimum absolute atomic E-state index is 0.171. The van der Waals surface area contributed by atoms with Crippen LogP contribution in [0.5, 0.6) is 11.5 Å². The average molecular weight is 267 g/mol. The van der Waals surface area contributed by atoms with Crippen LogP contribution in [0.3, 0.4) is 0 Å². The first kappa shape index (κ1) is 14.8. The molecule has 0 aliphatic rings. The van der Waals surface area contributed by atoms with Crippen molar-refractivity contribution in [1.29, 1.82) is 0 Å². The van der Waals surface area contributed by atoms with Crippen molar-refractivity contribution in [3.8, 4) is 11.5 Å². The fraction of sp³-hybridized carbons (Fsp3) is 0.385. The van der Waals surface area contributed by atoms with Gasteiger partial charge in [-0.15, -0.1) is 0 Å². The molecule has 0 aliphatic carbocycles. The Labute approximate surface area is 110 Å². The van der Waals surface area contributed by atoms with Crippen LogP contribution < -0.4 is 5.32 Å². The van der Waals surface area contributed by atoms with Crippen molar-refractivity contribution in [3.63, 3.8) is 0 Å². The SMILES string of the molecule is CC(C)(C)[C@@H](NC(=O)c1cc(O)ccc1O)C(=O)O. The third kappa shape index (κ3) is 3.61. The maximum absolute atomic E-state index is 11.9. The Bertz CT molecular complexity index is 504. The molecule has 0 bridgehead atoms.